The summed E-state index contributed by atoms with van der Waals surface area (Å²) in [7, 11) is 2.03. The van der Waals surface area contributed by atoms with Gasteiger partial charge < -0.3 is 69.6 Å². The van der Waals surface area contributed by atoms with Crippen LogP contribution in [0.4, 0.5) is 0 Å². The Hall–Kier alpha value is -6.66. The van der Waals surface area contributed by atoms with Gasteiger partial charge in [0.1, 0.15) is 48.0 Å². The van der Waals surface area contributed by atoms with Crippen molar-refractivity contribution in [1.29, 1.82) is 0 Å². The number of unbranched alkanes of at least 4 members (excludes halogenated alkanes) is 1. The lowest BCUT2D eigenvalue weighted by Crippen LogP contribution is -2.62. The molecule has 0 aliphatic carbocycles. The van der Waals surface area contributed by atoms with Gasteiger partial charge in [0, 0.05) is 41.4 Å². The molecule has 73 heavy (non-hydrogen) atoms. The number of para-hydroxylation sites is 1. The lowest BCUT2D eigenvalue weighted by atomic mass is 10.00. The van der Waals surface area contributed by atoms with Gasteiger partial charge in [0.05, 0.1) is 12.1 Å². The molecule has 0 unspecified atom stereocenters. The molecule has 4 aromatic rings. The van der Waals surface area contributed by atoms with Crippen LogP contribution < -0.4 is 54.4 Å². The summed E-state index contributed by atoms with van der Waals surface area (Å²) in [6.45, 7) is 4.85. The molecule has 2 heterocycles. The van der Waals surface area contributed by atoms with E-state index in [0.717, 1.165) is 38.1 Å². The lowest BCUT2D eigenvalue weighted by molar-refractivity contribution is -0.136. The first-order chi connectivity index (χ1) is 34.8. The van der Waals surface area contributed by atoms with E-state index in [2.05, 4.69) is 42.2 Å². The Kier molecular flexibility index (Phi) is 21.9. The van der Waals surface area contributed by atoms with E-state index in [1.54, 1.807) is 56.4 Å². The van der Waals surface area contributed by atoms with Crippen molar-refractivity contribution in [3.63, 3.8) is 0 Å². The molecule has 0 saturated carbocycles. The minimum absolute atomic E-state index is 0.0484. The summed E-state index contributed by atoms with van der Waals surface area (Å²) in [4.78, 5) is 116. The van der Waals surface area contributed by atoms with Gasteiger partial charge in [0.25, 0.3) is 0 Å². The zero-order valence-electron chi connectivity index (χ0n) is 40.9. The monoisotopic (exact) mass is 1050 g/mol. The number of aliphatic hydroxyl groups is 1. The van der Waals surface area contributed by atoms with E-state index >= 15 is 0 Å². The highest BCUT2D eigenvalue weighted by molar-refractivity contribution is 8.76. The zero-order valence-corrected chi connectivity index (χ0v) is 42.6. The molecule has 1 aliphatic heterocycles. The van der Waals surface area contributed by atoms with Crippen LogP contribution in [0.25, 0.3) is 10.9 Å². The number of carbonyl (C=O) groups excluding carboxylic acids is 8. The average Bonchev–Trinajstić information content (AvgIpc) is 3.76. The fourth-order valence-electron chi connectivity index (χ4n) is 7.96. The third-order valence-electron chi connectivity index (χ3n) is 12.1. The number of fused-ring (bicyclic) bond motifs is 1. The zero-order chi connectivity index (χ0) is 53.2. The first-order valence-corrected chi connectivity index (χ1v) is 26.5. The van der Waals surface area contributed by atoms with Crippen LogP contribution in [-0.2, 0) is 57.6 Å². The molecular weight excluding hydrogens is 979 g/mol. The Morgan fingerprint density at radius 1 is 0.726 bits per heavy atom. The molecule has 3 aromatic carbocycles. The first kappa shape index (κ1) is 57.2. The van der Waals surface area contributed by atoms with Gasteiger partial charge >= 0.3 is 0 Å². The number of hydrogen-bond acceptors (Lipinski definition) is 14. The normalized spacial score (nSPS) is 22.1. The van der Waals surface area contributed by atoms with E-state index in [4.69, 9.17) is 17.2 Å². The van der Waals surface area contributed by atoms with Crippen molar-refractivity contribution in [3.8, 4) is 5.75 Å². The fourth-order valence-corrected chi connectivity index (χ4v) is 10.3. The maximum absolute atomic E-state index is 14.8. The molecular formula is C50H67N11O10S2. The van der Waals surface area contributed by atoms with E-state index < -0.39 is 108 Å². The highest BCUT2D eigenvalue weighted by Gasteiger charge is 2.36. The standard InChI is InChI=1S/C50H67N11O10S2/c1-27(2)41-50(71)59-40(49(70)61-42(28(3)62)43(53)64)26-73-72-25-39(58-44(65)34(52)21-29-11-5-4-6-12-29)48(69)56-37(22-30-16-18-32(63)19-17-30)46(67)57-38(23-31-24-54-35-14-8-7-13-33(31)35)47(68)55-36(45(66)60-41)15-9-10-20-51/h4-8,11-14,16-19,24,27-28,34,36-42,54,62-63H,9-10,15,20-23,25-26,51-52H2,1-3H3,(H2,53,64)(H,55,68)(H,56,69)(H,57,67)(H,58,65)(H,59,71)(H,60,66)(H,61,70)/t28-,34+,36+,37+,38-,39-,40+,41+,42+/m1/s1. The number of hydrogen-bond donors (Lipinski definition) is 13. The summed E-state index contributed by atoms with van der Waals surface area (Å²) in [6, 6.07) is 11.5. The maximum atomic E-state index is 14.8. The molecule has 0 bridgehead atoms. The molecule has 9 atom stereocenters. The topological polar surface area (TPSA) is 355 Å². The Morgan fingerprint density at radius 3 is 2.00 bits per heavy atom. The average molecular weight is 1050 g/mol. The van der Waals surface area contributed by atoms with E-state index in [1.807, 2.05) is 30.3 Å². The van der Waals surface area contributed by atoms with Gasteiger partial charge in [-0.15, -0.1) is 0 Å². The number of benzene rings is 3. The van der Waals surface area contributed by atoms with Crippen molar-refractivity contribution in [1.82, 2.24) is 42.2 Å². The Balaban J connectivity index is 1.58. The van der Waals surface area contributed by atoms with Crippen LogP contribution in [-0.4, -0.2) is 135 Å². The summed E-state index contributed by atoms with van der Waals surface area (Å²) in [6.07, 6.45) is 1.10. The molecule has 8 amide bonds. The van der Waals surface area contributed by atoms with E-state index in [0.29, 0.717) is 24.0 Å². The molecule has 0 radical (unpaired) electrons. The smallest absolute Gasteiger partial charge is 0.244 e. The third-order valence-corrected chi connectivity index (χ3v) is 14.5. The summed E-state index contributed by atoms with van der Waals surface area (Å²) in [5, 5.41) is 40.0. The summed E-state index contributed by atoms with van der Waals surface area (Å²) in [5.41, 5.74) is 20.3. The van der Waals surface area contributed by atoms with Crippen LogP contribution in [0.5, 0.6) is 5.75 Å². The molecule has 0 spiro atoms. The number of aromatic amines is 1. The van der Waals surface area contributed by atoms with Gasteiger partial charge in [0.15, 0.2) is 0 Å². The Labute approximate surface area is 431 Å². The molecule has 1 saturated heterocycles. The van der Waals surface area contributed by atoms with Gasteiger partial charge in [-0.25, -0.2) is 0 Å². The quantitative estimate of drug-likeness (QED) is 0.0476. The minimum atomic E-state index is -1.54. The maximum Gasteiger partial charge on any atom is 0.244 e. The first-order valence-electron chi connectivity index (χ1n) is 24.0. The summed E-state index contributed by atoms with van der Waals surface area (Å²) >= 11 is 0. The third kappa shape index (κ3) is 17.2. The lowest BCUT2D eigenvalue weighted by Gasteiger charge is -2.29. The molecule has 1 aliphatic rings. The number of nitrogens with two attached hydrogens (primary N) is 3. The highest BCUT2D eigenvalue weighted by atomic mass is 33.1. The SMILES string of the molecule is CC(C)[C@@H]1NC(=O)[C@H](CCCCN)NC(=O)[C@@H](Cc2c[nH]c3ccccc23)NC(=O)[C@H](Cc2ccc(O)cc2)NC(=O)[C@H](NC(=O)[C@@H](N)Cc2ccccc2)CSSC[C@@H](C(=O)N[C@H](C(N)=O)[C@@H](C)O)NC1=O. The number of H-pyrrole nitrogens is 1. The number of aromatic hydroxyl groups is 1. The van der Waals surface area contributed by atoms with Crippen molar-refractivity contribution >= 4 is 79.7 Å². The van der Waals surface area contributed by atoms with Crippen LogP contribution in [0.1, 0.15) is 56.7 Å². The second-order valence-corrected chi connectivity index (χ2v) is 20.8. The Morgan fingerprint density at radius 2 is 1.34 bits per heavy atom. The summed E-state index contributed by atoms with van der Waals surface area (Å²) < 4.78 is 0. The highest BCUT2D eigenvalue weighted by Crippen LogP contribution is 2.25. The van der Waals surface area contributed by atoms with E-state index in [9.17, 15) is 48.6 Å². The van der Waals surface area contributed by atoms with Gasteiger partial charge in [-0.05, 0) is 80.0 Å². The second kappa shape index (κ2) is 28.0. The van der Waals surface area contributed by atoms with Crippen molar-refractivity contribution in [3.05, 3.63) is 102 Å². The number of phenolic OH excluding ortho intramolecular Hbond substituents is 1. The molecule has 16 N–H and O–H groups in total. The van der Waals surface area contributed by atoms with Crippen molar-refractivity contribution in [2.24, 2.45) is 23.1 Å². The molecule has 21 nitrogen and oxygen atoms in total. The van der Waals surface area contributed by atoms with Crippen LogP contribution in [0, 0.1) is 5.92 Å². The molecule has 1 aromatic heterocycles. The van der Waals surface area contributed by atoms with Crippen LogP contribution in [0.3, 0.4) is 0 Å². The molecule has 1 fully saturated rings. The Bertz CT molecular complexity index is 2530. The fraction of sp³-hybridized carbons (Fsp3) is 0.440. The van der Waals surface area contributed by atoms with Crippen LogP contribution >= 0.6 is 21.6 Å². The van der Waals surface area contributed by atoms with Gasteiger partial charge in [-0.1, -0.05) is 96.1 Å². The molecule has 394 valence electrons. The minimum Gasteiger partial charge on any atom is -0.508 e. The summed E-state index contributed by atoms with van der Waals surface area (Å²) in [5.74, 6) is -7.62. The predicted molar refractivity (Wildman–Crippen MR) is 279 cm³/mol. The number of primary amides is 1. The van der Waals surface area contributed by atoms with Gasteiger partial charge in [-0.2, -0.15) is 0 Å². The number of amides is 8. The number of phenols is 1. The molecule has 23 heteroatoms. The van der Waals surface area contributed by atoms with Gasteiger partial charge in [-0.3, -0.25) is 38.4 Å². The van der Waals surface area contributed by atoms with Crippen molar-refractivity contribution < 1.29 is 48.6 Å². The van der Waals surface area contributed by atoms with Crippen molar-refractivity contribution in [2.75, 3.05) is 18.1 Å². The van der Waals surface area contributed by atoms with E-state index in [1.165, 1.54) is 19.1 Å². The number of rotatable bonds is 17. The second-order valence-electron chi connectivity index (χ2n) is 18.2. The van der Waals surface area contributed by atoms with E-state index in [-0.39, 0.29) is 49.5 Å². The van der Waals surface area contributed by atoms with Crippen molar-refractivity contribution in [2.45, 2.75) is 114 Å². The number of aromatic nitrogens is 1. The predicted octanol–water partition coefficient (Wildman–Crippen LogP) is -0.332. The molecule has 5 rings (SSSR count). The number of aliphatic hydroxyl groups excluding tert-OH is 1. The van der Waals surface area contributed by atoms with Gasteiger partial charge in [0.2, 0.25) is 47.3 Å². The van der Waals surface area contributed by atoms with Crippen LogP contribution in [0.15, 0.2) is 85.1 Å². The van der Waals surface area contributed by atoms with Crippen LogP contribution in [0.2, 0.25) is 0 Å². The number of nitrogens with one attached hydrogen (secondary N) is 8. The number of carbonyl (C=O) groups is 8. The largest absolute Gasteiger partial charge is 0.508 e.